The second-order valence-electron chi connectivity index (χ2n) is 5.50. The minimum absolute atomic E-state index is 0.192. The predicted octanol–water partition coefficient (Wildman–Crippen LogP) is 6.43. The Balaban J connectivity index is 3.29. The van der Waals surface area contributed by atoms with E-state index in [9.17, 15) is 4.79 Å². The smallest absolute Gasteiger partial charge is 0.171 e. The van der Waals surface area contributed by atoms with Gasteiger partial charge in [-0.25, -0.2) is 0 Å². The van der Waals surface area contributed by atoms with E-state index in [2.05, 4.69) is 55.0 Å². The molecular weight excluding hydrogens is 301 g/mol. The lowest BCUT2D eigenvalue weighted by atomic mass is 10.1. The molecule has 0 aliphatic rings. The zero-order valence-electron chi connectivity index (χ0n) is 14.7. The first kappa shape index (κ1) is 21.9. The van der Waals surface area contributed by atoms with Gasteiger partial charge in [0, 0.05) is 15.2 Å². The van der Waals surface area contributed by atoms with Crippen LogP contribution in [0.25, 0.3) is 0 Å². The van der Waals surface area contributed by atoms with Gasteiger partial charge >= 0.3 is 0 Å². The van der Waals surface area contributed by atoms with Gasteiger partial charge in [0.1, 0.15) is 0 Å². The number of carbonyl (C=O) groups excluding carboxylic acids is 1. The summed E-state index contributed by atoms with van der Waals surface area (Å²) in [5, 5.41) is 2.88. The van der Waals surface area contributed by atoms with E-state index < -0.39 is 0 Å². The highest BCUT2D eigenvalue weighted by atomic mass is 31.1. The Bertz CT molecular complexity index is 372. The Morgan fingerprint density at radius 2 is 1.52 bits per heavy atom. The molecule has 3 heteroatoms. The van der Waals surface area contributed by atoms with Crippen LogP contribution >= 0.6 is 8.73 Å². The van der Waals surface area contributed by atoms with Crippen LogP contribution in [-0.4, -0.2) is 5.52 Å². The molecule has 0 amide bonds. The van der Waals surface area contributed by atoms with Crippen LogP contribution in [0.3, 0.4) is 0 Å². The summed E-state index contributed by atoms with van der Waals surface area (Å²) in [4.78, 5) is 11.4. The van der Waals surface area contributed by atoms with E-state index in [-0.39, 0.29) is 8.73 Å². The van der Waals surface area contributed by atoms with Gasteiger partial charge in [0.15, 0.2) is 5.52 Å². The van der Waals surface area contributed by atoms with Crippen LogP contribution < -0.4 is 5.09 Å². The molecule has 0 spiro atoms. The Labute approximate surface area is 145 Å². The fourth-order valence-corrected chi connectivity index (χ4v) is 2.66. The fourth-order valence-electron chi connectivity index (χ4n) is 2.10. The number of hydrogen-bond acceptors (Lipinski definition) is 2. The highest BCUT2D eigenvalue weighted by molar-refractivity contribution is 7.56. The summed E-state index contributed by atoms with van der Waals surface area (Å²) in [5.74, 6) is 0. The molecule has 0 heterocycles. The van der Waals surface area contributed by atoms with Crippen molar-refractivity contribution in [3.8, 4) is 0 Å². The molecular formula is C20H34NOP. The van der Waals surface area contributed by atoms with E-state index in [1.807, 2.05) is 0 Å². The van der Waals surface area contributed by atoms with Crippen LogP contribution in [-0.2, 0) is 4.79 Å². The van der Waals surface area contributed by atoms with Crippen LogP contribution in [0.5, 0.6) is 0 Å². The van der Waals surface area contributed by atoms with E-state index >= 15 is 0 Å². The molecule has 0 aliphatic carbocycles. The topological polar surface area (TPSA) is 29.1 Å². The SMILES string of the molecule is C=CNPC(=O)CCCCCCC/C=C\C/C=C\C/C=C\CC. The molecule has 0 radical (unpaired) electrons. The minimum Gasteiger partial charge on any atom is -0.367 e. The molecule has 130 valence electrons. The normalized spacial score (nSPS) is 12.2. The number of hydrogen-bond donors (Lipinski definition) is 1. The summed E-state index contributed by atoms with van der Waals surface area (Å²) in [7, 11) is 0.192. The molecule has 0 aromatic heterocycles. The van der Waals surface area contributed by atoms with Gasteiger partial charge in [0.05, 0.1) is 0 Å². The number of unbranched alkanes of at least 4 members (excludes halogenated alkanes) is 5. The molecule has 0 aromatic carbocycles. The van der Waals surface area contributed by atoms with Crippen molar-refractivity contribution in [2.75, 3.05) is 0 Å². The Kier molecular flexibility index (Phi) is 18.0. The van der Waals surface area contributed by atoms with Crippen molar-refractivity contribution < 1.29 is 4.79 Å². The minimum atomic E-state index is 0.192. The second kappa shape index (κ2) is 18.9. The highest BCUT2D eigenvalue weighted by Gasteiger charge is 1.99. The summed E-state index contributed by atoms with van der Waals surface area (Å²) in [6, 6.07) is 0. The van der Waals surface area contributed by atoms with Gasteiger partial charge in [-0.15, -0.1) is 0 Å². The van der Waals surface area contributed by atoms with Gasteiger partial charge in [-0.05, 0) is 44.7 Å². The second-order valence-corrected chi connectivity index (χ2v) is 6.59. The summed E-state index contributed by atoms with van der Waals surface area (Å²) < 4.78 is 0. The number of rotatable bonds is 16. The van der Waals surface area contributed by atoms with Crippen molar-refractivity contribution in [2.24, 2.45) is 0 Å². The van der Waals surface area contributed by atoms with Crippen molar-refractivity contribution in [3.63, 3.8) is 0 Å². The van der Waals surface area contributed by atoms with Crippen LogP contribution in [0.4, 0.5) is 0 Å². The van der Waals surface area contributed by atoms with Crippen molar-refractivity contribution >= 4 is 14.3 Å². The fraction of sp³-hybridized carbons (Fsp3) is 0.550. The molecule has 0 bridgehead atoms. The number of carbonyl (C=O) groups is 1. The highest BCUT2D eigenvalue weighted by Crippen LogP contribution is 2.13. The third-order valence-electron chi connectivity index (χ3n) is 3.37. The first-order valence-electron chi connectivity index (χ1n) is 8.91. The summed E-state index contributed by atoms with van der Waals surface area (Å²) in [6.07, 6.45) is 26.1. The van der Waals surface area contributed by atoms with Crippen LogP contribution in [0.1, 0.15) is 71.1 Å². The van der Waals surface area contributed by atoms with Gasteiger partial charge in [-0.2, -0.15) is 0 Å². The predicted molar refractivity (Wildman–Crippen MR) is 106 cm³/mol. The molecule has 2 nitrogen and oxygen atoms in total. The number of allylic oxidation sites excluding steroid dienone is 6. The molecule has 1 atom stereocenters. The van der Waals surface area contributed by atoms with Crippen molar-refractivity contribution in [1.82, 2.24) is 5.09 Å². The third-order valence-corrected chi connectivity index (χ3v) is 4.25. The molecule has 23 heavy (non-hydrogen) atoms. The van der Waals surface area contributed by atoms with Gasteiger partial charge in [0.25, 0.3) is 0 Å². The third kappa shape index (κ3) is 18.8. The lowest BCUT2D eigenvalue weighted by molar-refractivity contribution is -0.111. The Hall–Kier alpha value is -1.14. The summed E-state index contributed by atoms with van der Waals surface area (Å²) in [6.45, 7) is 5.70. The lowest BCUT2D eigenvalue weighted by Gasteiger charge is -2.01. The van der Waals surface area contributed by atoms with E-state index in [4.69, 9.17) is 0 Å². The van der Waals surface area contributed by atoms with Gasteiger partial charge in [-0.3, -0.25) is 4.79 Å². The number of nitrogens with one attached hydrogen (secondary N) is 1. The van der Waals surface area contributed by atoms with Crippen LogP contribution in [0.2, 0.25) is 0 Å². The summed E-state index contributed by atoms with van der Waals surface area (Å²) >= 11 is 0. The lowest BCUT2D eigenvalue weighted by Crippen LogP contribution is -1.96. The molecule has 1 N–H and O–H groups in total. The molecule has 0 fully saturated rings. The maximum absolute atomic E-state index is 11.4. The molecule has 0 saturated heterocycles. The van der Waals surface area contributed by atoms with Gasteiger partial charge < -0.3 is 5.09 Å². The van der Waals surface area contributed by atoms with Crippen molar-refractivity contribution in [1.29, 1.82) is 0 Å². The van der Waals surface area contributed by atoms with E-state index in [1.165, 1.54) is 32.1 Å². The molecule has 0 aromatic rings. The van der Waals surface area contributed by atoms with Gasteiger partial charge in [0.2, 0.25) is 0 Å². The summed E-state index contributed by atoms with van der Waals surface area (Å²) in [5.41, 5.74) is 0.311. The standard InChI is InChI=1S/C20H34NOP/c1-3-5-6-7-8-9-10-11-12-13-14-15-16-17-18-19-20(22)23-21-4-2/h4-6,8-9,11-12,21,23H,2-3,7,10,13-19H2,1H3/b6-5-,9-8-,12-11-. The van der Waals surface area contributed by atoms with Crippen molar-refractivity contribution in [3.05, 3.63) is 49.2 Å². The first-order chi connectivity index (χ1) is 11.3. The van der Waals surface area contributed by atoms with Crippen LogP contribution in [0, 0.1) is 0 Å². The maximum atomic E-state index is 11.4. The van der Waals surface area contributed by atoms with Crippen LogP contribution in [0.15, 0.2) is 49.2 Å². The molecule has 0 rings (SSSR count). The molecule has 1 unspecified atom stereocenters. The zero-order valence-corrected chi connectivity index (χ0v) is 15.7. The Morgan fingerprint density at radius 1 is 0.913 bits per heavy atom. The van der Waals surface area contributed by atoms with Crippen molar-refractivity contribution in [2.45, 2.75) is 71.1 Å². The largest absolute Gasteiger partial charge is 0.367 e. The average Bonchev–Trinajstić information content (AvgIpc) is 2.56. The van der Waals surface area contributed by atoms with E-state index in [1.54, 1.807) is 6.20 Å². The molecule has 0 aliphatic heterocycles. The first-order valence-corrected chi connectivity index (χ1v) is 9.91. The maximum Gasteiger partial charge on any atom is 0.171 e. The van der Waals surface area contributed by atoms with E-state index in [0.717, 1.165) is 25.7 Å². The van der Waals surface area contributed by atoms with Gasteiger partial charge in [-0.1, -0.05) is 69.2 Å². The molecule has 0 saturated carbocycles. The zero-order chi connectivity index (χ0) is 17.0. The average molecular weight is 335 g/mol. The van der Waals surface area contributed by atoms with E-state index in [0.29, 0.717) is 11.9 Å². The monoisotopic (exact) mass is 335 g/mol. The Morgan fingerprint density at radius 3 is 2.22 bits per heavy atom. The quantitative estimate of drug-likeness (QED) is 0.200.